The Hall–Kier alpha value is -0.420. The Morgan fingerprint density at radius 3 is 1.08 bits per heavy atom. The van der Waals surface area contributed by atoms with Gasteiger partial charge in [-0.2, -0.15) is 17.6 Å². The summed E-state index contributed by atoms with van der Waals surface area (Å²) in [5.41, 5.74) is 0. The second-order valence-electron chi connectivity index (χ2n) is 2.29. The number of halogens is 6. The lowest BCUT2D eigenvalue weighted by molar-refractivity contribution is -0.217. The van der Waals surface area contributed by atoms with Gasteiger partial charge in [0.15, 0.2) is 0 Å². The summed E-state index contributed by atoms with van der Waals surface area (Å²) in [6.45, 7) is -3.09. The third-order valence-corrected chi connectivity index (χ3v) is 1.35. The molecule has 0 aromatic heterocycles. The molecule has 0 saturated heterocycles. The lowest BCUT2D eigenvalue weighted by Crippen LogP contribution is -2.41. The van der Waals surface area contributed by atoms with Crippen molar-refractivity contribution in [2.75, 3.05) is 13.3 Å². The maximum Gasteiger partial charge on any atom is 0.312 e. The average Bonchev–Trinajstić information content (AvgIpc) is 1.86. The van der Waals surface area contributed by atoms with Gasteiger partial charge in [-0.25, -0.2) is 0 Å². The molecule has 6 heteroatoms. The van der Waals surface area contributed by atoms with Gasteiger partial charge >= 0.3 is 11.8 Å². The summed E-state index contributed by atoms with van der Waals surface area (Å²) in [7, 11) is 0. The van der Waals surface area contributed by atoms with Gasteiger partial charge in [-0.05, 0) is 0 Å². The van der Waals surface area contributed by atoms with Crippen molar-refractivity contribution in [3.8, 4) is 0 Å². The molecular formula is C6H8F6. The SMILES string of the molecule is FCCC(F)(F)C(F)(F)CCF. The van der Waals surface area contributed by atoms with Crippen LogP contribution in [0.25, 0.3) is 0 Å². The third-order valence-electron chi connectivity index (χ3n) is 1.35. The molecule has 0 unspecified atom stereocenters. The Morgan fingerprint density at radius 1 is 0.667 bits per heavy atom. The van der Waals surface area contributed by atoms with Crippen molar-refractivity contribution in [1.29, 1.82) is 0 Å². The topological polar surface area (TPSA) is 0 Å². The van der Waals surface area contributed by atoms with Crippen molar-refractivity contribution >= 4 is 0 Å². The normalized spacial score (nSPS) is 13.5. The molecule has 12 heavy (non-hydrogen) atoms. The van der Waals surface area contributed by atoms with E-state index in [1.54, 1.807) is 0 Å². The summed E-state index contributed by atoms with van der Waals surface area (Å²) < 4.78 is 71.6. The number of alkyl halides is 6. The summed E-state index contributed by atoms with van der Waals surface area (Å²) >= 11 is 0. The smallest absolute Gasteiger partial charge is 0.251 e. The van der Waals surface area contributed by atoms with Crippen molar-refractivity contribution in [2.24, 2.45) is 0 Å². The minimum atomic E-state index is -4.45. The molecule has 0 fully saturated rings. The Labute approximate surface area is 65.6 Å². The van der Waals surface area contributed by atoms with Gasteiger partial charge in [-0.1, -0.05) is 0 Å². The largest absolute Gasteiger partial charge is 0.312 e. The van der Waals surface area contributed by atoms with Crippen LogP contribution in [0.5, 0.6) is 0 Å². The molecule has 0 aromatic rings. The fraction of sp³-hybridized carbons (Fsp3) is 1.00. The highest BCUT2D eigenvalue weighted by Crippen LogP contribution is 2.39. The maximum atomic E-state index is 12.2. The minimum absolute atomic E-state index is 1.55. The molecule has 0 saturated carbocycles. The standard InChI is InChI=1S/C6H8F6/c7-3-1-5(9,10)6(11,12)2-4-8/h1-4H2. The lowest BCUT2D eigenvalue weighted by Gasteiger charge is -2.24. The van der Waals surface area contributed by atoms with Gasteiger partial charge in [-0.15, -0.1) is 0 Å². The van der Waals surface area contributed by atoms with Crippen molar-refractivity contribution in [2.45, 2.75) is 24.7 Å². The van der Waals surface area contributed by atoms with E-state index in [1.807, 2.05) is 0 Å². The van der Waals surface area contributed by atoms with E-state index in [0.29, 0.717) is 0 Å². The highest BCUT2D eigenvalue weighted by Gasteiger charge is 2.54. The minimum Gasteiger partial charge on any atom is -0.251 e. The zero-order chi connectivity index (χ0) is 9.83. The fourth-order valence-corrected chi connectivity index (χ4v) is 0.603. The summed E-state index contributed by atoms with van der Waals surface area (Å²) in [6, 6.07) is 0. The molecule has 74 valence electrons. The van der Waals surface area contributed by atoms with Crippen LogP contribution >= 0.6 is 0 Å². The first kappa shape index (κ1) is 11.6. The van der Waals surface area contributed by atoms with E-state index >= 15 is 0 Å². The Bertz CT molecular complexity index is 116. The number of hydrogen-bond donors (Lipinski definition) is 0. The number of hydrogen-bond acceptors (Lipinski definition) is 0. The van der Waals surface area contributed by atoms with E-state index in [4.69, 9.17) is 0 Å². The maximum absolute atomic E-state index is 12.2. The van der Waals surface area contributed by atoms with E-state index in [2.05, 4.69) is 0 Å². The summed E-state index contributed by atoms with van der Waals surface area (Å²) in [5.74, 6) is -8.90. The van der Waals surface area contributed by atoms with Crippen LogP contribution in [0.3, 0.4) is 0 Å². The molecule has 0 aromatic carbocycles. The lowest BCUT2D eigenvalue weighted by atomic mass is 10.1. The van der Waals surface area contributed by atoms with Gasteiger partial charge in [0.2, 0.25) is 0 Å². The number of rotatable bonds is 5. The fourth-order valence-electron chi connectivity index (χ4n) is 0.603. The molecule has 0 nitrogen and oxygen atoms in total. The molecule has 0 N–H and O–H groups in total. The van der Waals surface area contributed by atoms with Crippen LogP contribution in [-0.4, -0.2) is 25.2 Å². The predicted octanol–water partition coefficient (Wildman–Crippen LogP) is 2.98. The van der Waals surface area contributed by atoms with E-state index in [0.717, 1.165) is 0 Å². The summed E-state index contributed by atoms with van der Waals surface area (Å²) in [4.78, 5) is 0. The highest BCUT2D eigenvalue weighted by molar-refractivity contribution is 4.84. The molecule has 0 heterocycles. The molecule has 0 aliphatic carbocycles. The van der Waals surface area contributed by atoms with E-state index < -0.39 is 38.0 Å². The van der Waals surface area contributed by atoms with Gasteiger partial charge in [0.05, 0.1) is 13.3 Å². The first-order chi connectivity index (χ1) is 5.37. The van der Waals surface area contributed by atoms with Crippen LogP contribution in [0.1, 0.15) is 12.8 Å². The van der Waals surface area contributed by atoms with Crippen LogP contribution in [-0.2, 0) is 0 Å². The second kappa shape index (κ2) is 4.00. The van der Waals surface area contributed by atoms with E-state index in [9.17, 15) is 26.3 Å². The molecular weight excluding hydrogens is 186 g/mol. The van der Waals surface area contributed by atoms with Crippen LogP contribution in [0.15, 0.2) is 0 Å². The van der Waals surface area contributed by atoms with Crippen molar-refractivity contribution in [1.82, 2.24) is 0 Å². The second-order valence-corrected chi connectivity index (χ2v) is 2.29. The average molecular weight is 194 g/mol. The third kappa shape index (κ3) is 2.57. The molecule has 0 bridgehead atoms. The Morgan fingerprint density at radius 2 is 0.917 bits per heavy atom. The van der Waals surface area contributed by atoms with Gasteiger partial charge in [0.25, 0.3) is 0 Å². The van der Waals surface area contributed by atoms with Gasteiger partial charge in [0.1, 0.15) is 0 Å². The van der Waals surface area contributed by atoms with E-state index in [-0.39, 0.29) is 0 Å². The monoisotopic (exact) mass is 194 g/mol. The van der Waals surface area contributed by atoms with Crippen molar-refractivity contribution in [3.05, 3.63) is 0 Å². The summed E-state index contributed by atoms with van der Waals surface area (Å²) in [6.07, 6.45) is -3.14. The van der Waals surface area contributed by atoms with Crippen LogP contribution in [0, 0.1) is 0 Å². The molecule has 0 aliphatic heterocycles. The highest BCUT2D eigenvalue weighted by atomic mass is 19.3. The Kier molecular flexibility index (Phi) is 3.86. The quantitative estimate of drug-likeness (QED) is 0.590. The molecule has 0 amide bonds. The molecule has 0 rings (SSSR count). The van der Waals surface area contributed by atoms with Crippen molar-refractivity contribution in [3.63, 3.8) is 0 Å². The zero-order valence-electron chi connectivity index (χ0n) is 6.10. The molecule has 0 atom stereocenters. The Balaban J connectivity index is 4.28. The van der Waals surface area contributed by atoms with E-state index in [1.165, 1.54) is 0 Å². The van der Waals surface area contributed by atoms with Crippen LogP contribution < -0.4 is 0 Å². The van der Waals surface area contributed by atoms with Crippen LogP contribution in [0.2, 0.25) is 0 Å². The van der Waals surface area contributed by atoms with Gasteiger partial charge in [0, 0.05) is 12.8 Å². The van der Waals surface area contributed by atoms with Gasteiger partial charge in [-0.3, -0.25) is 8.78 Å². The molecule has 0 aliphatic rings. The molecule has 0 radical (unpaired) electrons. The van der Waals surface area contributed by atoms with Gasteiger partial charge < -0.3 is 0 Å². The summed E-state index contributed by atoms with van der Waals surface area (Å²) in [5, 5.41) is 0. The zero-order valence-corrected chi connectivity index (χ0v) is 6.10. The first-order valence-electron chi connectivity index (χ1n) is 3.25. The predicted molar refractivity (Wildman–Crippen MR) is 31.1 cm³/mol. The van der Waals surface area contributed by atoms with Crippen LogP contribution in [0.4, 0.5) is 26.3 Å². The molecule has 0 spiro atoms. The first-order valence-corrected chi connectivity index (χ1v) is 3.25. The van der Waals surface area contributed by atoms with Crippen molar-refractivity contribution < 1.29 is 26.3 Å².